The predicted octanol–water partition coefficient (Wildman–Crippen LogP) is 1.44. The second-order valence-corrected chi connectivity index (χ2v) is 3.15. The van der Waals surface area contributed by atoms with E-state index in [1.165, 1.54) is 6.08 Å². The first-order chi connectivity index (χ1) is 7.66. The molecule has 0 aliphatic heterocycles. The summed E-state index contributed by atoms with van der Waals surface area (Å²) in [5, 5.41) is 8.28. The number of unbranched alkanes of at least 4 members (excludes halogenated alkanes) is 1. The minimum Gasteiger partial charge on any atom is -0.478 e. The highest BCUT2D eigenvalue weighted by atomic mass is 16.4. The molecule has 3 N–H and O–H groups in total. The van der Waals surface area contributed by atoms with Gasteiger partial charge in [0.15, 0.2) is 0 Å². The van der Waals surface area contributed by atoms with Crippen LogP contribution in [0.3, 0.4) is 0 Å². The highest BCUT2D eigenvalue weighted by Crippen LogP contribution is 1.97. The average molecular weight is 223 g/mol. The van der Waals surface area contributed by atoms with Crippen molar-refractivity contribution in [2.75, 3.05) is 6.54 Å². The first-order valence-electron chi connectivity index (χ1n) is 5.11. The van der Waals surface area contributed by atoms with Crippen molar-refractivity contribution in [3.63, 3.8) is 0 Å². The zero-order valence-electron chi connectivity index (χ0n) is 9.13. The van der Waals surface area contributed by atoms with Crippen LogP contribution in [0.2, 0.25) is 0 Å². The van der Waals surface area contributed by atoms with E-state index in [0.29, 0.717) is 6.42 Å². The lowest BCUT2D eigenvalue weighted by Gasteiger charge is -1.93. The maximum atomic E-state index is 10.8. The van der Waals surface area contributed by atoms with Gasteiger partial charge in [-0.1, -0.05) is 30.4 Å². The number of rotatable bonds is 8. The molecule has 16 heavy (non-hydrogen) atoms. The number of carbonyl (C=O) groups excluding carboxylic acids is 1. The molecule has 0 unspecified atom stereocenters. The summed E-state index contributed by atoms with van der Waals surface area (Å²) in [5.41, 5.74) is 5.16. The van der Waals surface area contributed by atoms with Crippen LogP contribution in [0.4, 0.5) is 0 Å². The summed E-state index contributed by atoms with van der Waals surface area (Å²) < 4.78 is 0. The third-order valence-electron chi connectivity index (χ3n) is 1.76. The fraction of sp³-hybridized carbons (Fsp3) is 0.333. The smallest absolute Gasteiger partial charge is 0.328 e. The van der Waals surface area contributed by atoms with Gasteiger partial charge in [0.25, 0.3) is 0 Å². The third-order valence-corrected chi connectivity index (χ3v) is 1.76. The van der Waals surface area contributed by atoms with Crippen molar-refractivity contribution in [3.05, 3.63) is 36.5 Å². The molecule has 0 aromatic heterocycles. The van der Waals surface area contributed by atoms with Crippen LogP contribution in [-0.4, -0.2) is 23.4 Å². The molecule has 4 heteroatoms. The van der Waals surface area contributed by atoms with Crippen LogP contribution in [0.15, 0.2) is 36.5 Å². The number of aliphatic carboxylic acids is 1. The van der Waals surface area contributed by atoms with E-state index in [4.69, 9.17) is 10.8 Å². The van der Waals surface area contributed by atoms with Crippen molar-refractivity contribution in [1.82, 2.24) is 0 Å². The average Bonchev–Trinajstić information content (AvgIpc) is 2.26. The Balaban J connectivity index is 3.55. The summed E-state index contributed by atoms with van der Waals surface area (Å²) in [7, 11) is 0. The number of carboxylic acids is 1. The van der Waals surface area contributed by atoms with Crippen molar-refractivity contribution < 1.29 is 14.7 Å². The van der Waals surface area contributed by atoms with E-state index in [2.05, 4.69) is 0 Å². The van der Waals surface area contributed by atoms with Gasteiger partial charge in [0.05, 0.1) is 6.54 Å². The lowest BCUT2D eigenvalue weighted by atomic mass is 10.1. The maximum absolute atomic E-state index is 10.8. The number of nitrogens with two attached hydrogens (primary N) is 1. The van der Waals surface area contributed by atoms with Crippen LogP contribution < -0.4 is 5.73 Å². The topological polar surface area (TPSA) is 80.4 Å². The second-order valence-electron chi connectivity index (χ2n) is 3.15. The Labute approximate surface area is 95.1 Å². The van der Waals surface area contributed by atoms with Crippen LogP contribution in [0.5, 0.6) is 0 Å². The fourth-order valence-corrected chi connectivity index (χ4v) is 0.960. The number of ketones is 1. The molecule has 0 amide bonds. The highest BCUT2D eigenvalue weighted by Gasteiger charge is 1.95. The second kappa shape index (κ2) is 9.86. The van der Waals surface area contributed by atoms with Gasteiger partial charge in [0.1, 0.15) is 5.78 Å². The van der Waals surface area contributed by atoms with E-state index < -0.39 is 5.97 Å². The van der Waals surface area contributed by atoms with Gasteiger partial charge in [-0.05, 0) is 12.8 Å². The van der Waals surface area contributed by atoms with Crippen molar-refractivity contribution >= 4 is 11.8 Å². The third kappa shape index (κ3) is 10.4. The van der Waals surface area contributed by atoms with Gasteiger partial charge in [0.2, 0.25) is 0 Å². The molecule has 0 aromatic carbocycles. The zero-order valence-corrected chi connectivity index (χ0v) is 9.13. The highest BCUT2D eigenvalue weighted by molar-refractivity contribution is 5.80. The molecule has 0 spiro atoms. The molecule has 0 aliphatic rings. The van der Waals surface area contributed by atoms with Crippen LogP contribution in [-0.2, 0) is 9.59 Å². The van der Waals surface area contributed by atoms with Gasteiger partial charge in [-0.15, -0.1) is 0 Å². The summed E-state index contributed by atoms with van der Waals surface area (Å²) in [6, 6.07) is 0. The van der Waals surface area contributed by atoms with Crippen molar-refractivity contribution in [2.45, 2.75) is 19.3 Å². The van der Waals surface area contributed by atoms with Crippen molar-refractivity contribution in [2.24, 2.45) is 5.73 Å². The number of hydrogen-bond acceptors (Lipinski definition) is 3. The first-order valence-corrected chi connectivity index (χ1v) is 5.11. The Morgan fingerprint density at radius 3 is 2.44 bits per heavy atom. The number of Topliss-reactive ketones (excluding diaryl/α,β-unsaturated/α-hetero) is 1. The van der Waals surface area contributed by atoms with E-state index in [0.717, 1.165) is 18.9 Å². The summed E-state index contributed by atoms with van der Waals surface area (Å²) in [5.74, 6) is -0.887. The van der Waals surface area contributed by atoms with Crippen LogP contribution in [0.1, 0.15) is 19.3 Å². The van der Waals surface area contributed by atoms with Crippen LogP contribution in [0, 0.1) is 0 Å². The molecular formula is C12H17NO3. The van der Waals surface area contributed by atoms with Crippen LogP contribution >= 0.6 is 0 Å². The molecule has 0 saturated heterocycles. The Bertz CT molecular complexity index is 303. The normalized spacial score (nSPS) is 11.8. The summed E-state index contributed by atoms with van der Waals surface area (Å²) >= 11 is 0. The lowest BCUT2D eigenvalue weighted by molar-refractivity contribution is -0.131. The minimum absolute atomic E-state index is 0.0772. The maximum Gasteiger partial charge on any atom is 0.328 e. The van der Waals surface area contributed by atoms with Gasteiger partial charge < -0.3 is 10.8 Å². The summed E-state index contributed by atoms with van der Waals surface area (Å²) in [4.78, 5) is 20.9. The zero-order chi connectivity index (χ0) is 12.2. The molecule has 4 nitrogen and oxygen atoms in total. The molecule has 0 bridgehead atoms. The standard InChI is InChI=1S/C12H17NO3/c13-10-11(14)8-6-4-2-1-3-5-7-9-12(15)16/h1-3,5,7,9H,4,6,8,10,13H2,(H,15,16)/b2-1+,5-3+,9-7+. The number of hydrogen-bond donors (Lipinski definition) is 2. The van der Waals surface area contributed by atoms with E-state index in [-0.39, 0.29) is 12.3 Å². The Morgan fingerprint density at radius 1 is 1.12 bits per heavy atom. The van der Waals surface area contributed by atoms with E-state index in [1.54, 1.807) is 12.2 Å². The van der Waals surface area contributed by atoms with E-state index in [9.17, 15) is 9.59 Å². The Morgan fingerprint density at radius 2 is 1.81 bits per heavy atom. The molecule has 0 radical (unpaired) electrons. The van der Waals surface area contributed by atoms with Crippen LogP contribution in [0.25, 0.3) is 0 Å². The van der Waals surface area contributed by atoms with Crippen molar-refractivity contribution in [1.29, 1.82) is 0 Å². The molecule has 0 fully saturated rings. The largest absolute Gasteiger partial charge is 0.478 e. The molecule has 0 aliphatic carbocycles. The van der Waals surface area contributed by atoms with E-state index in [1.807, 2.05) is 12.2 Å². The first kappa shape index (κ1) is 14.3. The summed E-state index contributed by atoms with van der Waals surface area (Å²) in [6.07, 6.45) is 11.8. The fourth-order valence-electron chi connectivity index (χ4n) is 0.960. The number of allylic oxidation sites excluding steroid dienone is 5. The Kier molecular flexibility index (Phi) is 8.82. The summed E-state index contributed by atoms with van der Waals surface area (Å²) in [6.45, 7) is 0.115. The van der Waals surface area contributed by atoms with Gasteiger partial charge in [-0.2, -0.15) is 0 Å². The quantitative estimate of drug-likeness (QED) is 0.370. The number of carboxylic acid groups (broad SMARTS) is 1. The van der Waals surface area contributed by atoms with Gasteiger partial charge in [-0.25, -0.2) is 4.79 Å². The number of carbonyl (C=O) groups is 2. The molecule has 88 valence electrons. The minimum atomic E-state index is -0.964. The molecule has 0 aromatic rings. The molecule has 0 atom stereocenters. The molecule has 0 heterocycles. The Hall–Kier alpha value is -1.68. The molecule has 0 rings (SSSR count). The molecular weight excluding hydrogens is 206 g/mol. The van der Waals surface area contributed by atoms with Gasteiger partial charge in [0, 0.05) is 12.5 Å². The molecule has 0 saturated carbocycles. The van der Waals surface area contributed by atoms with E-state index >= 15 is 0 Å². The van der Waals surface area contributed by atoms with Crippen molar-refractivity contribution in [3.8, 4) is 0 Å². The predicted molar refractivity (Wildman–Crippen MR) is 63.0 cm³/mol. The van der Waals surface area contributed by atoms with Gasteiger partial charge in [-0.3, -0.25) is 4.79 Å². The SMILES string of the molecule is NCC(=O)CCC/C=C/C=C/C=C/C(=O)O. The lowest BCUT2D eigenvalue weighted by Crippen LogP contribution is -2.12. The van der Waals surface area contributed by atoms with Gasteiger partial charge >= 0.3 is 5.97 Å². The monoisotopic (exact) mass is 223 g/mol.